The van der Waals surface area contributed by atoms with Gasteiger partial charge in [-0.3, -0.25) is 0 Å². The van der Waals surface area contributed by atoms with Crippen molar-refractivity contribution >= 4 is 11.3 Å². The molecule has 3 nitrogen and oxygen atoms in total. The molecule has 1 aromatic rings. The zero-order valence-corrected chi connectivity index (χ0v) is 9.85. The van der Waals surface area contributed by atoms with E-state index in [1.54, 1.807) is 11.3 Å². The van der Waals surface area contributed by atoms with Crippen LogP contribution in [0.15, 0.2) is 5.38 Å². The third kappa shape index (κ3) is 3.00. The van der Waals surface area contributed by atoms with Gasteiger partial charge in [0.2, 0.25) is 0 Å². The average Bonchev–Trinajstić information content (AvgIpc) is 2.76. The minimum atomic E-state index is 0.640. The van der Waals surface area contributed by atoms with Crippen molar-refractivity contribution < 1.29 is 0 Å². The van der Waals surface area contributed by atoms with E-state index in [1.165, 1.54) is 30.1 Å². The summed E-state index contributed by atoms with van der Waals surface area (Å²) in [6, 6.07) is 0. The van der Waals surface area contributed by atoms with Crippen LogP contribution < -0.4 is 11.1 Å². The van der Waals surface area contributed by atoms with Gasteiger partial charge in [0.15, 0.2) is 0 Å². The van der Waals surface area contributed by atoms with Crippen LogP contribution in [0.25, 0.3) is 0 Å². The topological polar surface area (TPSA) is 50.9 Å². The van der Waals surface area contributed by atoms with Crippen molar-refractivity contribution in [1.82, 2.24) is 10.3 Å². The standard InChI is InChI=1S/C11H19N3S/c12-5-1-4-11-14-10(8-15-11)9-3-2-6-13-7-9/h8-9,13H,1-7,12H2. The maximum Gasteiger partial charge on any atom is 0.0928 e. The van der Waals surface area contributed by atoms with Gasteiger partial charge in [-0.05, 0) is 32.4 Å². The highest BCUT2D eigenvalue weighted by Crippen LogP contribution is 2.24. The van der Waals surface area contributed by atoms with Crippen molar-refractivity contribution in [1.29, 1.82) is 0 Å². The molecule has 2 heterocycles. The van der Waals surface area contributed by atoms with Crippen LogP contribution in [0.1, 0.15) is 35.9 Å². The lowest BCUT2D eigenvalue weighted by atomic mass is 9.97. The molecule has 1 aliphatic rings. The number of hydrogen-bond donors (Lipinski definition) is 2. The summed E-state index contributed by atoms with van der Waals surface area (Å²) in [5.41, 5.74) is 6.78. The third-order valence-electron chi connectivity index (χ3n) is 2.88. The number of piperidine rings is 1. The summed E-state index contributed by atoms with van der Waals surface area (Å²) in [4.78, 5) is 4.69. The van der Waals surface area contributed by atoms with Gasteiger partial charge in [-0.15, -0.1) is 11.3 Å². The van der Waals surface area contributed by atoms with E-state index in [0.29, 0.717) is 5.92 Å². The lowest BCUT2D eigenvalue weighted by molar-refractivity contribution is 0.455. The second-order valence-corrected chi connectivity index (χ2v) is 5.04. The normalized spacial score (nSPS) is 21.8. The van der Waals surface area contributed by atoms with Gasteiger partial charge in [-0.25, -0.2) is 4.98 Å². The Morgan fingerprint density at radius 1 is 1.60 bits per heavy atom. The summed E-state index contributed by atoms with van der Waals surface area (Å²) in [5.74, 6) is 0.640. The molecule has 4 heteroatoms. The highest BCUT2D eigenvalue weighted by Gasteiger charge is 2.17. The van der Waals surface area contributed by atoms with Crippen molar-refractivity contribution in [3.63, 3.8) is 0 Å². The number of nitrogens with one attached hydrogen (secondary N) is 1. The smallest absolute Gasteiger partial charge is 0.0928 e. The molecule has 0 radical (unpaired) electrons. The quantitative estimate of drug-likeness (QED) is 0.816. The van der Waals surface area contributed by atoms with Crippen LogP contribution >= 0.6 is 11.3 Å². The number of nitrogens with zero attached hydrogens (tertiary/aromatic N) is 1. The second-order valence-electron chi connectivity index (χ2n) is 4.10. The minimum Gasteiger partial charge on any atom is -0.330 e. The van der Waals surface area contributed by atoms with Crippen LogP contribution in [-0.4, -0.2) is 24.6 Å². The van der Waals surface area contributed by atoms with Gasteiger partial charge >= 0.3 is 0 Å². The molecular formula is C11H19N3S. The summed E-state index contributed by atoms with van der Waals surface area (Å²) in [6.07, 6.45) is 4.66. The Morgan fingerprint density at radius 2 is 2.53 bits per heavy atom. The molecule has 84 valence electrons. The number of rotatable bonds is 4. The summed E-state index contributed by atoms with van der Waals surface area (Å²) in [7, 11) is 0. The van der Waals surface area contributed by atoms with Gasteiger partial charge in [0, 0.05) is 24.3 Å². The molecule has 15 heavy (non-hydrogen) atoms. The largest absolute Gasteiger partial charge is 0.330 e. The Balaban J connectivity index is 1.93. The Kier molecular flexibility index (Phi) is 4.11. The second kappa shape index (κ2) is 5.58. The Bertz CT molecular complexity index is 292. The molecule has 3 N–H and O–H groups in total. The van der Waals surface area contributed by atoms with E-state index >= 15 is 0 Å². The van der Waals surface area contributed by atoms with E-state index in [-0.39, 0.29) is 0 Å². The highest BCUT2D eigenvalue weighted by molar-refractivity contribution is 7.09. The van der Waals surface area contributed by atoms with E-state index in [2.05, 4.69) is 10.7 Å². The fraction of sp³-hybridized carbons (Fsp3) is 0.727. The van der Waals surface area contributed by atoms with Gasteiger partial charge < -0.3 is 11.1 Å². The molecule has 0 saturated carbocycles. The number of thiazole rings is 1. The van der Waals surface area contributed by atoms with Gasteiger partial charge in [0.25, 0.3) is 0 Å². The van der Waals surface area contributed by atoms with Gasteiger partial charge in [0.1, 0.15) is 0 Å². The maximum absolute atomic E-state index is 5.49. The number of aryl methyl sites for hydroxylation is 1. The molecular weight excluding hydrogens is 206 g/mol. The van der Waals surface area contributed by atoms with E-state index in [0.717, 1.165) is 25.9 Å². The average molecular weight is 225 g/mol. The van der Waals surface area contributed by atoms with Gasteiger partial charge in [-0.1, -0.05) is 0 Å². The first-order valence-electron chi connectivity index (χ1n) is 5.75. The van der Waals surface area contributed by atoms with E-state index in [4.69, 9.17) is 10.7 Å². The molecule has 1 saturated heterocycles. The number of nitrogens with two attached hydrogens (primary N) is 1. The predicted octanol–water partition coefficient (Wildman–Crippen LogP) is 1.50. The van der Waals surface area contributed by atoms with Crippen LogP contribution in [0.5, 0.6) is 0 Å². The maximum atomic E-state index is 5.49. The fourth-order valence-corrected chi connectivity index (χ4v) is 2.91. The van der Waals surface area contributed by atoms with Crippen LogP contribution in [0.2, 0.25) is 0 Å². The molecule has 1 fully saturated rings. The van der Waals surface area contributed by atoms with Crippen LogP contribution in [0.4, 0.5) is 0 Å². The summed E-state index contributed by atoms with van der Waals surface area (Å²) < 4.78 is 0. The molecule has 1 atom stereocenters. The molecule has 2 rings (SSSR count). The molecule has 1 unspecified atom stereocenters. The lowest BCUT2D eigenvalue weighted by Crippen LogP contribution is -2.28. The van der Waals surface area contributed by atoms with Crippen molar-refractivity contribution in [2.24, 2.45) is 5.73 Å². The first kappa shape index (κ1) is 11.0. The molecule has 0 spiro atoms. The molecule has 1 aliphatic heterocycles. The molecule has 0 aromatic carbocycles. The van der Waals surface area contributed by atoms with E-state index < -0.39 is 0 Å². The SMILES string of the molecule is NCCCc1nc(C2CCCNC2)cs1. The van der Waals surface area contributed by atoms with Crippen molar-refractivity contribution in [2.75, 3.05) is 19.6 Å². The summed E-state index contributed by atoms with van der Waals surface area (Å²) in [5, 5.41) is 6.91. The Labute approximate surface area is 95.1 Å². The van der Waals surface area contributed by atoms with Crippen LogP contribution in [0, 0.1) is 0 Å². The highest BCUT2D eigenvalue weighted by atomic mass is 32.1. The van der Waals surface area contributed by atoms with E-state index in [1.807, 2.05) is 0 Å². The first-order chi connectivity index (χ1) is 7.40. The fourth-order valence-electron chi connectivity index (χ4n) is 1.98. The Morgan fingerprint density at radius 3 is 3.27 bits per heavy atom. The molecule has 1 aromatic heterocycles. The number of hydrogen-bond acceptors (Lipinski definition) is 4. The lowest BCUT2D eigenvalue weighted by Gasteiger charge is -2.20. The van der Waals surface area contributed by atoms with Crippen molar-refractivity contribution in [3.8, 4) is 0 Å². The summed E-state index contributed by atoms with van der Waals surface area (Å²) in [6.45, 7) is 3.03. The number of aromatic nitrogens is 1. The summed E-state index contributed by atoms with van der Waals surface area (Å²) >= 11 is 1.79. The molecule has 0 amide bonds. The van der Waals surface area contributed by atoms with Crippen molar-refractivity contribution in [2.45, 2.75) is 31.6 Å². The molecule has 0 bridgehead atoms. The first-order valence-corrected chi connectivity index (χ1v) is 6.63. The molecule has 0 aliphatic carbocycles. The monoisotopic (exact) mass is 225 g/mol. The zero-order chi connectivity index (χ0) is 10.5. The minimum absolute atomic E-state index is 0.640. The van der Waals surface area contributed by atoms with Crippen LogP contribution in [-0.2, 0) is 6.42 Å². The predicted molar refractivity (Wildman–Crippen MR) is 64.3 cm³/mol. The van der Waals surface area contributed by atoms with Crippen LogP contribution in [0.3, 0.4) is 0 Å². The van der Waals surface area contributed by atoms with E-state index in [9.17, 15) is 0 Å². The zero-order valence-electron chi connectivity index (χ0n) is 9.04. The third-order valence-corrected chi connectivity index (χ3v) is 3.81. The van der Waals surface area contributed by atoms with Crippen molar-refractivity contribution in [3.05, 3.63) is 16.1 Å². The van der Waals surface area contributed by atoms with Gasteiger partial charge in [-0.2, -0.15) is 0 Å². The Hall–Kier alpha value is -0.450. The van der Waals surface area contributed by atoms with Gasteiger partial charge in [0.05, 0.1) is 10.7 Å².